The van der Waals surface area contributed by atoms with Crippen molar-refractivity contribution < 1.29 is 14.3 Å². The molecule has 2 N–H and O–H groups in total. The number of carbonyl (C=O) groups excluding carboxylic acids is 1. The molecule has 1 amide bonds. The van der Waals surface area contributed by atoms with Crippen molar-refractivity contribution in [1.29, 1.82) is 0 Å². The summed E-state index contributed by atoms with van der Waals surface area (Å²) in [5.74, 6) is -0.0580. The highest BCUT2D eigenvalue weighted by molar-refractivity contribution is 5.81. The molecule has 0 aliphatic heterocycles. The van der Waals surface area contributed by atoms with Gasteiger partial charge in [0.1, 0.15) is 5.82 Å². The second-order valence-electron chi connectivity index (χ2n) is 5.89. The van der Waals surface area contributed by atoms with Gasteiger partial charge >= 0.3 is 0 Å². The van der Waals surface area contributed by atoms with Crippen molar-refractivity contribution >= 4 is 11.6 Å². The lowest BCUT2D eigenvalue weighted by Crippen LogP contribution is -2.37. The Labute approximate surface area is 126 Å². The van der Waals surface area contributed by atoms with E-state index in [2.05, 4.69) is 5.32 Å². The van der Waals surface area contributed by atoms with Gasteiger partial charge < -0.3 is 15.3 Å². The Morgan fingerprint density at radius 3 is 2.52 bits per heavy atom. The van der Waals surface area contributed by atoms with E-state index >= 15 is 0 Å². The fourth-order valence-corrected chi connectivity index (χ4v) is 2.02. The van der Waals surface area contributed by atoms with Crippen LogP contribution in [0.2, 0.25) is 0 Å². The molecule has 4 nitrogen and oxygen atoms in total. The van der Waals surface area contributed by atoms with Gasteiger partial charge in [-0.25, -0.2) is 4.39 Å². The van der Waals surface area contributed by atoms with Gasteiger partial charge in [-0.05, 0) is 37.5 Å². The molecule has 0 radical (unpaired) electrons. The van der Waals surface area contributed by atoms with Gasteiger partial charge in [-0.2, -0.15) is 0 Å². The predicted octanol–water partition coefficient (Wildman–Crippen LogP) is 2.40. The second kappa shape index (κ2) is 7.41. The van der Waals surface area contributed by atoms with Crippen LogP contribution in [0, 0.1) is 18.7 Å². The smallest absolute Gasteiger partial charge is 0.239 e. The van der Waals surface area contributed by atoms with Gasteiger partial charge in [0, 0.05) is 24.8 Å². The fraction of sp³-hybridized carbons (Fsp3) is 0.562. The van der Waals surface area contributed by atoms with Crippen molar-refractivity contribution in [2.45, 2.75) is 33.8 Å². The third-order valence-electron chi connectivity index (χ3n) is 3.26. The van der Waals surface area contributed by atoms with Crippen LogP contribution in [0.5, 0.6) is 0 Å². The molecule has 0 aliphatic rings. The molecule has 5 heteroatoms. The highest BCUT2D eigenvalue weighted by Gasteiger charge is 2.16. The summed E-state index contributed by atoms with van der Waals surface area (Å²) in [4.78, 5) is 13.6. The van der Waals surface area contributed by atoms with Crippen molar-refractivity contribution in [3.05, 3.63) is 29.1 Å². The zero-order valence-electron chi connectivity index (χ0n) is 13.4. The summed E-state index contributed by atoms with van der Waals surface area (Å²) in [5.41, 5.74) is 1.64. The first-order valence-corrected chi connectivity index (χ1v) is 7.18. The summed E-state index contributed by atoms with van der Waals surface area (Å²) in [5, 5.41) is 12.6. The molecule has 0 bridgehead atoms. The zero-order chi connectivity index (χ0) is 16.2. The number of rotatable bonds is 6. The highest BCUT2D eigenvalue weighted by Crippen LogP contribution is 2.28. The highest BCUT2D eigenvalue weighted by atomic mass is 19.1. The first-order chi connectivity index (χ1) is 9.72. The lowest BCUT2D eigenvalue weighted by molar-refractivity contribution is -0.119. The maximum absolute atomic E-state index is 13.6. The van der Waals surface area contributed by atoms with Crippen LogP contribution < -0.4 is 10.2 Å². The normalized spacial score (nSPS) is 12.4. The topological polar surface area (TPSA) is 52.6 Å². The SMILES string of the molecule is Cc1cc(N(C)CC(=O)NCC(C)C)c([C@@H](C)O)cc1F. The molecule has 0 fully saturated rings. The van der Waals surface area contributed by atoms with Crippen molar-refractivity contribution in [3.63, 3.8) is 0 Å². The first kappa shape index (κ1) is 17.4. The number of amides is 1. The quantitative estimate of drug-likeness (QED) is 0.847. The summed E-state index contributed by atoms with van der Waals surface area (Å²) in [6, 6.07) is 2.99. The molecule has 0 aromatic heterocycles. The molecule has 1 rings (SSSR count). The van der Waals surface area contributed by atoms with Gasteiger partial charge in [0.05, 0.1) is 12.6 Å². The summed E-state index contributed by atoms with van der Waals surface area (Å²) in [7, 11) is 1.76. The third-order valence-corrected chi connectivity index (χ3v) is 3.26. The second-order valence-corrected chi connectivity index (χ2v) is 5.89. The predicted molar refractivity (Wildman–Crippen MR) is 82.9 cm³/mol. The summed E-state index contributed by atoms with van der Waals surface area (Å²) in [6.45, 7) is 8.09. The summed E-state index contributed by atoms with van der Waals surface area (Å²) in [6.07, 6.45) is -0.795. The lowest BCUT2D eigenvalue weighted by Gasteiger charge is -2.24. The number of carbonyl (C=O) groups is 1. The van der Waals surface area contributed by atoms with Crippen molar-refractivity contribution in [2.75, 3.05) is 25.0 Å². The van der Waals surface area contributed by atoms with E-state index in [0.717, 1.165) is 0 Å². The fourth-order valence-electron chi connectivity index (χ4n) is 2.02. The Morgan fingerprint density at radius 2 is 2.00 bits per heavy atom. The lowest BCUT2D eigenvalue weighted by atomic mass is 10.0. The largest absolute Gasteiger partial charge is 0.389 e. The van der Waals surface area contributed by atoms with E-state index < -0.39 is 6.10 Å². The number of aliphatic hydroxyl groups excluding tert-OH is 1. The molecule has 0 spiro atoms. The Bertz CT molecular complexity index is 501. The molecule has 1 aromatic carbocycles. The molecular formula is C16H25FN2O2. The van der Waals surface area contributed by atoms with Crippen LogP contribution >= 0.6 is 0 Å². The Kier molecular flexibility index (Phi) is 6.15. The molecule has 21 heavy (non-hydrogen) atoms. The van der Waals surface area contributed by atoms with Crippen LogP contribution in [-0.4, -0.2) is 31.2 Å². The molecule has 1 aromatic rings. The van der Waals surface area contributed by atoms with Gasteiger partial charge in [0.2, 0.25) is 5.91 Å². The maximum Gasteiger partial charge on any atom is 0.239 e. The molecule has 118 valence electrons. The average Bonchev–Trinajstić information content (AvgIpc) is 2.38. The number of anilines is 1. The monoisotopic (exact) mass is 296 g/mol. The molecule has 0 heterocycles. The minimum absolute atomic E-state index is 0.0929. The standard InChI is InChI=1S/C16H25FN2O2/c1-10(2)8-18-16(21)9-19(5)15-6-11(3)14(17)7-13(15)12(4)20/h6-7,10,12,20H,8-9H2,1-5H3,(H,18,21)/t12-/m1/s1. The third kappa shape index (κ3) is 5.01. The molecule has 0 aliphatic carbocycles. The molecule has 0 unspecified atom stereocenters. The number of nitrogens with one attached hydrogen (secondary N) is 1. The number of aliphatic hydroxyl groups is 1. The van der Waals surface area contributed by atoms with Crippen molar-refractivity contribution in [1.82, 2.24) is 5.32 Å². The average molecular weight is 296 g/mol. The van der Waals surface area contributed by atoms with Gasteiger partial charge in [-0.15, -0.1) is 0 Å². The Balaban J connectivity index is 2.88. The van der Waals surface area contributed by atoms with Crippen LogP contribution in [0.4, 0.5) is 10.1 Å². The van der Waals surface area contributed by atoms with Crippen LogP contribution in [0.1, 0.15) is 38.0 Å². The van der Waals surface area contributed by atoms with Gasteiger partial charge in [-0.1, -0.05) is 13.8 Å². The zero-order valence-corrected chi connectivity index (χ0v) is 13.4. The van der Waals surface area contributed by atoms with Gasteiger partial charge in [0.15, 0.2) is 0 Å². The van der Waals surface area contributed by atoms with E-state index in [-0.39, 0.29) is 18.3 Å². The van der Waals surface area contributed by atoms with E-state index in [1.54, 1.807) is 31.9 Å². The first-order valence-electron chi connectivity index (χ1n) is 7.18. The maximum atomic E-state index is 13.6. The van der Waals surface area contributed by atoms with Crippen LogP contribution in [0.25, 0.3) is 0 Å². The number of benzene rings is 1. The molecule has 0 saturated heterocycles. The van der Waals surface area contributed by atoms with E-state index in [1.165, 1.54) is 6.07 Å². The van der Waals surface area contributed by atoms with E-state index in [1.807, 2.05) is 13.8 Å². The van der Waals surface area contributed by atoms with Gasteiger partial charge in [0.25, 0.3) is 0 Å². The number of nitrogens with zero attached hydrogens (tertiary/aromatic N) is 1. The molecule has 1 atom stereocenters. The molecular weight excluding hydrogens is 271 g/mol. The van der Waals surface area contributed by atoms with Crippen LogP contribution in [0.3, 0.4) is 0 Å². The molecule has 0 saturated carbocycles. The van der Waals surface area contributed by atoms with Crippen LogP contribution in [0.15, 0.2) is 12.1 Å². The van der Waals surface area contributed by atoms with Crippen molar-refractivity contribution in [3.8, 4) is 0 Å². The van der Waals surface area contributed by atoms with Crippen LogP contribution in [-0.2, 0) is 4.79 Å². The Morgan fingerprint density at radius 1 is 1.38 bits per heavy atom. The number of likely N-dealkylation sites (N-methyl/N-ethyl adjacent to an activating group) is 1. The number of halogens is 1. The van der Waals surface area contributed by atoms with Gasteiger partial charge in [-0.3, -0.25) is 4.79 Å². The van der Waals surface area contributed by atoms with Crippen molar-refractivity contribution in [2.24, 2.45) is 5.92 Å². The van der Waals surface area contributed by atoms with E-state index in [9.17, 15) is 14.3 Å². The van der Waals surface area contributed by atoms with E-state index in [4.69, 9.17) is 0 Å². The number of hydrogen-bond acceptors (Lipinski definition) is 3. The minimum atomic E-state index is -0.795. The minimum Gasteiger partial charge on any atom is -0.389 e. The summed E-state index contributed by atoms with van der Waals surface area (Å²) < 4.78 is 13.6. The number of hydrogen-bond donors (Lipinski definition) is 2. The summed E-state index contributed by atoms with van der Waals surface area (Å²) >= 11 is 0. The Hall–Kier alpha value is -1.62. The van der Waals surface area contributed by atoms with E-state index in [0.29, 0.717) is 29.3 Å². The number of aryl methyl sites for hydroxylation is 1.